The number of benzene rings is 1. The zero-order valence-electron chi connectivity index (χ0n) is 11.8. The van der Waals surface area contributed by atoms with Gasteiger partial charge >= 0.3 is 0 Å². The Hall–Kier alpha value is -1.40. The van der Waals surface area contributed by atoms with Crippen molar-refractivity contribution in [2.24, 2.45) is 0 Å². The van der Waals surface area contributed by atoms with Gasteiger partial charge in [0.1, 0.15) is 10.7 Å². The molecule has 0 saturated heterocycles. The highest BCUT2D eigenvalue weighted by Gasteiger charge is 2.26. The molecule has 1 saturated carbocycles. The van der Waals surface area contributed by atoms with Crippen LogP contribution in [-0.4, -0.2) is 34.3 Å². The predicted octanol–water partition coefficient (Wildman–Crippen LogP) is 1.54. The summed E-state index contributed by atoms with van der Waals surface area (Å²) in [6, 6.07) is 7.16. The molecule has 0 amide bonds. The Balaban J connectivity index is 2.31. The van der Waals surface area contributed by atoms with Crippen LogP contribution in [-0.2, 0) is 14.8 Å². The van der Waals surface area contributed by atoms with Gasteiger partial charge in [0.05, 0.1) is 5.69 Å². The summed E-state index contributed by atoms with van der Waals surface area (Å²) in [7, 11) is -0.180. The fraction of sp³-hybridized carbons (Fsp3) is 0.500. The van der Waals surface area contributed by atoms with Crippen LogP contribution in [0.1, 0.15) is 25.7 Å². The van der Waals surface area contributed by atoms with Gasteiger partial charge in [0, 0.05) is 25.9 Å². The standard InChI is InChI=1S/C14H20N2O3S/c1-15-20(18,19)14-6-4-3-5-13(14)16(2)11-7-9-12(17)10-8-11/h3-6,11,15H,7-10H2,1-2H3. The van der Waals surface area contributed by atoms with Gasteiger partial charge in [-0.1, -0.05) is 12.1 Å². The third-order valence-corrected chi connectivity index (χ3v) is 5.33. The van der Waals surface area contributed by atoms with Crippen molar-refractivity contribution in [3.8, 4) is 0 Å². The van der Waals surface area contributed by atoms with Gasteiger partial charge in [0.15, 0.2) is 0 Å². The molecule has 0 atom stereocenters. The van der Waals surface area contributed by atoms with Crippen LogP contribution < -0.4 is 9.62 Å². The molecule has 0 radical (unpaired) electrons. The van der Waals surface area contributed by atoms with Crippen molar-refractivity contribution in [1.82, 2.24) is 4.72 Å². The van der Waals surface area contributed by atoms with Crippen LogP contribution in [0.2, 0.25) is 0 Å². The van der Waals surface area contributed by atoms with Gasteiger partial charge in [0.25, 0.3) is 0 Å². The summed E-state index contributed by atoms with van der Waals surface area (Å²) in [5.41, 5.74) is 0.682. The first-order valence-corrected chi connectivity index (χ1v) is 8.21. The molecule has 1 aliphatic rings. The number of ketones is 1. The Labute approximate surface area is 120 Å². The molecule has 1 aromatic carbocycles. The van der Waals surface area contributed by atoms with E-state index in [1.54, 1.807) is 18.2 Å². The van der Waals surface area contributed by atoms with E-state index in [-0.39, 0.29) is 10.9 Å². The largest absolute Gasteiger partial charge is 0.370 e. The second-order valence-corrected chi connectivity index (χ2v) is 6.91. The van der Waals surface area contributed by atoms with Crippen molar-refractivity contribution >= 4 is 21.5 Å². The van der Waals surface area contributed by atoms with E-state index in [0.717, 1.165) is 12.8 Å². The summed E-state index contributed by atoms with van der Waals surface area (Å²) >= 11 is 0. The summed E-state index contributed by atoms with van der Waals surface area (Å²) in [4.78, 5) is 13.6. The molecular weight excluding hydrogens is 276 g/mol. The molecule has 0 aliphatic heterocycles. The highest BCUT2D eigenvalue weighted by atomic mass is 32.2. The third-order valence-electron chi connectivity index (χ3n) is 3.86. The van der Waals surface area contributed by atoms with Gasteiger partial charge in [-0.25, -0.2) is 13.1 Å². The molecule has 0 spiro atoms. The Morgan fingerprint density at radius 3 is 2.40 bits per heavy atom. The Morgan fingerprint density at radius 2 is 1.80 bits per heavy atom. The van der Waals surface area contributed by atoms with Crippen molar-refractivity contribution in [2.75, 3.05) is 19.0 Å². The minimum Gasteiger partial charge on any atom is -0.370 e. The topological polar surface area (TPSA) is 66.5 Å². The maximum absolute atomic E-state index is 12.1. The van der Waals surface area contributed by atoms with E-state index in [9.17, 15) is 13.2 Å². The van der Waals surface area contributed by atoms with Crippen molar-refractivity contribution in [2.45, 2.75) is 36.6 Å². The molecule has 1 fully saturated rings. The lowest BCUT2D eigenvalue weighted by atomic mass is 9.93. The fourth-order valence-electron chi connectivity index (χ4n) is 2.59. The molecule has 1 aliphatic carbocycles. The molecule has 5 nitrogen and oxygen atoms in total. The molecule has 2 rings (SSSR count). The molecule has 110 valence electrons. The summed E-state index contributed by atoms with van der Waals surface area (Å²) in [5.74, 6) is 0.297. The van der Waals surface area contributed by atoms with Crippen molar-refractivity contribution < 1.29 is 13.2 Å². The van der Waals surface area contributed by atoms with E-state index in [1.165, 1.54) is 7.05 Å². The first kappa shape index (κ1) is 15.0. The number of carbonyl (C=O) groups excluding carboxylic acids is 1. The van der Waals surface area contributed by atoms with Gasteiger partial charge in [-0.05, 0) is 32.0 Å². The molecule has 6 heteroatoms. The van der Waals surface area contributed by atoms with Crippen LogP contribution in [0.5, 0.6) is 0 Å². The van der Waals surface area contributed by atoms with E-state index in [4.69, 9.17) is 0 Å². The Kier molecular flexibility index (Phi) is 4.45. The van der Waals surface area contributed by atoms with E-state index in [2.05, 4.69) is 4.72 Å². The minimum atomic E-state index is -3.48. The van der Waals surface area contributed by atoms with Crippen LogP contribution >= 0.6 is 0 Å². The first-order valence-electron chi connectivity index (χ1n) is 6.73. The first-order chi connectivity index (χ1) is 9.45. The zero-order valence-corrected chi connectivity index (χ0v) is 12.6. The van der Waals surface area contributed by atoms with Crippen molar-refractivity contribution in [1.29, 1.82) is 0 Å². The summed E-state index contributed by atoms with van der Waals surface area (Å²) in [6.45, 7) is 0. The van der Waals surface area contributed by atoms with Gasteiger partial charge in [-0.2, -0.15) is 0 Å². The van der Waals surface area contributed by atoms with Gasteiger partial charge in [-0.3, -0.25) is 4.79 Å². The van der Waals surface area contributed by atoms with Crippen LogP contribution in [0.3, 0.4) is 0 Å². The maximum atomic E-state index is 12.1. The van der Waals surface area contributed by atoms with Crippen LogP contribution in [0.25, 0.3) is 0 Å². The number of hydrogen-bond donors (Lipinski definition) is 1. The lowest BCUT2D eigenvalue weighted by molar-refractivity contribution is -0.120. The van der Waals surface area contributed by atoms with E-state index < -0.39 is 10.0 Å². The average molecular weight is 296 g/mol. The van der Waals surface area contributed by atoms with E-state index in [1.807, 2.05) is 18.0 Å². The number of para-hydroxylation sites is 1. The van der Waals surface area contributed by atoms with Gasteiger partial charge in [0.2, 0.25) is 10.0 Å². The van der Waals surface area contributed by atoms with Crippen LogP contribution in [0.4, 0.5) is 5.69 Å². The second-order valence-electron chi connectivity index (χ2n) is 5.06. The van der Waals surface area contributed by atoms with Gasteiger partial charge in [-0.15, -0.1) is 0 Å². The highest BCUT2D eigenvalue weighted by molar-refractivity contribution is 7.89. The highest BCUT2D eigenvalue weighted by Crippen LogP contribution is 2.29. The van der Waals surface area contributed by atoms with Crippen molar-refractivity contribution in [3.63, 3.8) is 0 Å². The lowest BCUT2D eigenvalue weighted by Gasteiger charge is -2.33. The SMILES string of the molecule is CNS(=O)(=O)c1ccccc1N(C)C1CCC(=O)CC1. The number of nitrogens with zero attached hydrogens (tertiary/aromatic N) is 1. The molecule has 0 aromatic heterocycles. The lowest BCUT2D eigenvalue weighted by Crippen LogP contribution is -2.36. The number of Topliss-reactive ketones (excluding diaryl/α,β-unsaturated/α-hetero) is 1. The molecule has 20 heavy (non-hydrogen) atoms. The van der Waals surface area contributed by atoms with Crippen LogP contribution in [0.15, 0.2) is 29.2 Å². The molecular formula is C14H20N2O3S. The normalized spacial score (nSPS) is 17.2. The number of sulfonamides is 1. The smallest absolute Gasteiger partial charge is 0.242 e. The molecule has 1 N–H and O–H groups in total. The number of anilines is 1. The zero-order chi connectivity index (χ0) is 14.8. The monoisotopic (exact) mass is 296 g/mol. The Bertz CT molecular complexity index is 588. The number of carbonyl (C=O) groups is 1. The van der Waals surface area contributed by atoms with Gasteiger partial charge < -0.3 is 4.90 Å². The Morgan fingerprint density at radius 1 is 1.20 bits per heavy atom. The number of hydrogen-bond acceptors (Lipinski definition) is 4. The second kappa shape index (κ2) is 5.93. The molecule has 0 bridgehead atoms. The molecule has 1 aromatic rings. The van der Waals surface area contributed by atoms with Crippen molar-refractivity contribution in [3.05, 3.63) is 24.3 Å². The molecule has 0 unspecified atom stereocenters. The number of rotatable bonds is 4. The minimum absolute atomic E-state index is 0.209. The molecule has 0 heterocycles. The van der Waals surface area contributed by atoms with E-state index >= 15 is 0 Å². The summed E-state index contributed by atoms with van der Waals surface area (Å²) in [6.07, 6.45) is 2.72. The average Bonchev–Trinajstić information content (AvgIpc) is 2.47. The van der Waals surface area contributed by atoms with E-state index in [0.29, 0.717) is 24.3 Å². The third kappa shape index (κ3) is 3.02. The maximum Gasteiger partial charge on any atom is 0.242 e. The summed E-state index contributed by atoms with van der Waals surface area (Å²) in [5, 5.41) is 0. The fourth-order valence-corrected chi connectivity index (χ4v) is 3.56. The number of nitrogens with one attached hydrogen (secondary N) is 1. The van der Waals surface area contributed by atoms with Crippen LogP contribution in [0, 0.1) is 0 Å². The quantitative estimate of drug-likeness (QED) is 0.915. The predicted molar refractivity (Wildman–Crippen MR) is 78.4 cm³/mol. The summed E-state index contributed by atoms with van der Waals surface area (Å²) < 4.78 is 26.5.